The summed E-state index contributed by atoms with van der Waals surface area (Å²) in [5.41, 5.74) is 1.34. The van der Waals surface area contributed by atoms with Crippen molar-refractivity contribution in [3.63, 3.8) is 0 Å². The first-order chi connectivity index (χ1) is 14.9. The van der Waals surface area contributed by atoms with Gasteiger partial charge < -0.3 is 10.2 Å². The summed E-state index contributed by atoms with van der Waals surface area (Å²) in [6.07, 6.45) is -0.0111. The first kappa shape index (κ1) is 22.8. The third kappa shape index (κ3) is 5.84. The van der Waals surface area contributed by atoms with Gasteiger partial charge in [-0.3, -0.25) is 9.59 Å². The normalized spacial score (nSPS) is 11.6. The molecular weight excluding hydrogens is 438 g/mol. The van der Waals surface area contributed by atoms with Gasteiger partial charge in [-0.15, -0.1) is 0 Å². The minimum atomic E-state index is -0.587. The molecule has 0 bridgehead atoms. The van der Waals surface area contributed by atoms with Crippen LogP contribution in [0.2, 0.25) is 10.0 Å². The van der Waals surface area contributed by atoms with Crippen LogP contribution in [0.1, 0.15) is 33.9 Å². The van der Waals surface area contributed by atoms with Crippen LogP contribution >= 0.6 is 23.2 Å². The highest BCUT2D eigenvalue weighted by Crippen LogP contribution is 2.23. The molecule has 0 saturated carbocycles. The fourth-order valence-electron chi connectivity index (χ4n) is 3.16. The summed E-state index contributed by atoms with van der Waals surface area (Å²) in [6, 6.07) is 19.7. The number of nitrogens with one attached hydrogen (secondary N) is 1. The zero-order valence-electron chi connectivity index (χ0n) is 16.8. The molecular formula is C24H21Cl2FN2O2. The van der Waals surface area contributed by atoms with Crippen LogP contribution in [-0.4, -0.2) is 23.8 Å². The smallest absolute Gasteiger partial charge is 0.253 e. The van der Waals surface area contributed by atoms with E-state index < -0.39 is 11.9 Å². The standard InChI is InChI=1S/C24H21Cl2FN2O2/c1-29(15-18-20(26)12-7-13-21(18)27)23(30)14-22(16-8-3-2-4-9-16)28-24(31)17-10-5-6-11-19(17)25/h2-13,22H,14-15H2,1H3,(H,28,31). The Morgan fingerprint density at radius 2 is 1.58 bits per heavy atom. The van der Waals surface area contributed by atoms with Crippen molar-refractivity contribution in [1.82, 2.24) is 10.2 Å². The van der Waals surface area contributed by atoms with E-state index in [-0.39, 0.29) is 35.4 Å². The molecule has 0 spiro atoms. The highest BCUT2D eigenvalue weighted by molar-refractivity contribution is 6.33. The number of amides is 2. The molecule has 1 atom stereocenters. The number of rotatable bonds is 7. The van der Waals surface area contributed by atoms with Crippen molar-refractivity contribution in [3.05, 3.63) is 105 Å². The van der Waals surface area contributed by atoms with Crippen molar-refractivity contribution in [2.24, 2.45) is 0 Å². The number of carbonyl (C=O) groups excluding carboxylic acids is 2. The van der Waals surface area contributed by atoms with E-state index in [0.29, 0.717) is 10.6 Å². The molecule has 0 heterocycles. The van der Waals surface area contributed by atoms with Crippen molar-refractivity contribution in [1.29, 1.82) is 0 Å². The molecule has 7 heteroatoms. The predicted octanol–water partition coefficient (Wildman–Crippen LogP) is 5.65. The van der Waals surface area contributed by atoms with Crippen molar-refractivity contribution in [2.45, 2.75) is 19.0 Å². The summed E-state index contributed by atoms with van der Waals surface area (Å²) in [6.45, 7) is 0.0182. The Morgan fingerprint density at radius 1 is 0.935 bits per heavy atom. The highest BCUT2D eigenvalue weighted by atomic mass is 35.5. The van der Waals surface area contributed by atoms with E-state index in [2.05, 4.69) is 5.32 Å². The maximum Gasteiger partial charge on any atom is 0.253 e. The number of benzene rings is 3. The molecule has 1 N–H and O–H groups in total. The monoisotopic (exact) mass is 458 g/mol. The van der Waals surface area contributed by atoms with Gasteiger partial charge in [0, 0.05) is 24.2 Å². The average Bonchev–Trinajstić information content (AvgIpc) is 2.76. The fraction of sp³-hybridized carbons (Fsp3) is 0.167. The lowest BCUT2D eigenvalue weighted by atomic mass is 10.0. The van der Waals surface area contributed by atoms with E-state index in [1.54, 1.807) is 37.4 Å². The van der Waals surface area contributed by atoms with E-state index in [9.17, 15) is 14.0 Å². The highest BCUT2D eigenvalue weighted by Gasteiger charge is 2.23. The van der Waals surface area contributed by atoms with Gasteiger partial charge in [0.1, 0.15) is 5.82 Å². The molecule has 3 rings (SSSR count). The second-order valence-electron chi connectivity index (χ2n) is 7.07. The van der Waals surface area contributed by atoms with Gasteiger partial charge in [-0.25, -0.2) is 4.39 Å². The Bertz CT molecular complexity index is 1060. The zero-order chi connectivity index (χ0) is 22.4. The molecule has 1 unspecified atom stereocenters. The second-order valence-corrected chi connectivity index (χ2v) is 7.89. The Hall–Kier alpha value is -2.89. The number of nitrogens with zero attached hydrogens (tertiary/aromatic N) is 1. The van der Waals surface area contributed by atoms with Crippen LogP contribution in [0.4, 0.5) is 4.39 Å². The minimum Gasteiger partial charge on any atom is -0.345 e. The van der Waals surface area contributed by atoms with Gasteiger partial charge in [0.15, 0.2) is 0 Å². The van der Waals surface area contributed by atoms with Crippen molar-refractivity contribution in [2.75, 3.05) is 7.05 Å². The van der Waals surface area contributed by atoms with Gasteiger partial charge >= 0.3 is 0 Å². The molecule has 0 aromatic heterocycles. The van der Waals surface area contributed by atoms with E-state index >= 15 is 0 Å². The number of carbonyl (C=O) groups is 2. The second kappa shape index (κ2) is 10.4. The molecule has 4 nitrogen and oxygen atoms in total. The van der Waals surface area contributed by atoms with Crippen molar-refractivity contribution in [3.8, 4) is 0 Å². The quantitative estimate of drug-likeness (QED) is 0.496. The van der Waals surface area contributed by atoms with E-state index in [4.69, 9.17) is 23.2 Å². The summed E-state index contributed by atoms with van der Waals surface area (Å²) in [5, 5.41) is 3.47. The molecule has 3 aromatic carbocycles. The lowest BCUT2D eigenvalue weighted by Crippen LogP contribution is -2.34. The van der Waals surface area contributed by atoms with Crippen LogP contribution in [-0.2, 0) is 11.3 Å². The number of halogens is 3. The van der Waals surface area contributed by atoms with Gasteiger partial charge in [0.05, 0.1) is 23.0 Å². The SMILES string of the molecule is CN(Cc1c(F)cccc1Cl)C(=O)CC(NC(=O)c1ccccc1Cl)c1ccccc1. The average molecular weight is 459 g/mol. The Labute approximate surface area is 190 Å². The maximum absolute atomic E-state index is 14.1. The topological polar surface area (TPSA) is 49.4 Å². The summed E-state index contributed by atoms with van der Waals surface area (Å²) in [5.74, 6) is -1.13. The molecule has 160 valence electrons. The molecule has 3 aromatic rings. The van der Waals surface area contributed by atoms with Gasteiger partial charge in [-0.1, -0.05) is 71.7 Å². The fourth-order valence-corrected chi connectivity index (χ4v) is 3.60. The van der Waals surface area contributed by atoms with Gasteiger partial charge in [-0.05, 0) is 29.8 Å². The Morgan fingerprint density at radius 3 is 2.26 bits per heavy atom. The lowest BCUT2D eigenvalue weighted by Gasteiger charge is -2.24. The zero-order valence-corrected chi connectivity index (χ0v) is 18.3. The van der Waals surface area contributed by atoms with Crippen LogP contribution in [0.25, 0.3) is 0 Å². The molecule has 0 aliphatic carbocycles. The third-order valence-electron chi connectivity index (χ3n) is 4.89. The maximum atomic E-state index is 14.1. The molecule has 0 aliphatic heterocycles. The summed E-state index contributed by atoms with van der Waals surface area (Å²) in [4.78, 5) is 27.1. The van der Waals surface area contributed by atoms with Crippen LogP contribution in [0.15, 0.2) is 72.8 Å². The van der Waals surface area contributed by atoms with Crippen molar-refractivity contribution >= 4 is 35.0 Å². The Kier molecular flexibility index (Phi) is 7.66. The molecule has 31 heavy (non-hydrogen) atoms. The summed E-state index contributed by atoms with van der Waals surface area (Å²) < 4.78 is 14.1. The summed E-state index contributed by atoms with van der Waals surface area (Å²) >= 11 is 12.2. The first-order valence-electron chi connectivity index (χ1n) is 9.64. The van der Waals surface area contributed by atoms with Gasteiger partial charge in [0.2, 0.25) is 5.91 Å². The van der Waals surface area contributed by atoms with Crippen LogP contribution < -0.4 is 5.32 Å². The van der Waals surface area contributed by atoms with Crippen LogP contribution in [0.3, 0.4) is 0 Å². The molecule has 0 saturated heterocycles. The van der Waals surface area contributed by atoms with E-state index in [0.717, 1.165) is 5.56 Å². The van der Waals surface area contributed by atoms with E-state index in [1.165, 1.54) is 17.0 Å². The molecule has 0 radical (unpaired) electrons. The lowest BCUT2D eigenvalue weighted by molar-refractivity contribution is -0.131. The molecule has 0 fully saturated rings. The first-order valence-corrected chi connectivity index (χ1v) is 10.4. The Balaban J connectivity index is 1.78. The van der Waals surface area contributed by atoms with Gasteiger partial charge in [-0.2, -0.15) is 0 Å². The largest absolute Gasteiger partial charge is 0.345 e. The van der Waals surface area contributed by atoms with Gasteiger partial charge in [0.25, 0.3) is 5.91 Å². The van der Waals surface area contributed by atoms with Crippen LogP contribution in [0, 0.1) is 5.82 Å². The van der Waals surface area contributed by atoms with Crippen LogP contribution in [0.5, 0.6) is 0 Å². The minimum absolute atomic E-state index is 0.0111. The van der Waals surface area contributed by atoms with Crippen molar-refractivity contribution < 1.29 is 14.0 Å². The number of hydrogen-bond donors (Lipinski definition) is 1. The third-order valence-corrected chi connectivity index (χ3v) is 5.57. The number of hydrogen-bond acceptors (Lipinski definition) is 2. The van der Waals surface area contributed by atoms with E-state index in [1.807, 2.05) is 30.3 Å². The molecule has 2 amide bonds. The molecule has 0 aliphatic rings. The predicted molar refractivity (Wildman–Crippen MR) is 121 cm³/mol. The summed E-state index contributed by atoms with van der Waals surface area (Å²) in [7, 11) is 1.57.